The summed E-state index contributed by atoms with van der Waals surface area (Å²) in [5.41, 5.74) is 1.91. The van der Waals surface area contributed by atoms with Gasteiger partial charge in [0.2, 0.25) is 0 Å². The van der Waals surface area contributed by atoms with Crippen molar-refractivity contribution in [2.75, 3.05) is 26.3 Å². The Morgan fingerprint density at radius 3 is 2.54 bits per heavy atom. The summed E-state index contributed by atoms with van der Waals surface area (Å²) in [6, 6.07) is 16.4. The van der Waals surface area contributed by atoms with Gasteiger partial charge in [0.05, 0.1) is 13.2 Å². The van der Waals surface area contributed by atoms with E-state index in [1.54, 1.807) is 12.1 Å². The second kappa shape index (κ2) is 9.60. The molecule has 1 saturated heterocycles. The average Bonchev–Trinajstić information content (AvgIpc) is 3.18. The lowest BCUT2D eigenvalue weighted by atomic mass is 10.1. The van der Waals surface area contributed by atoms with Crippen LogP contribution in [0.2, 0.25) is 0 Å². The largest absolute Gasteiger partial charge is 0.490 e. The predicted octanol–water partition coefficient (Wildman–Crippen LogP) is 4.05. The molecule has 1 amide bonds. The molecule has 2 atom stereocenters. The summed E-state index contributed by atoms with van der Waals surface area (Å²) in [4.78, 5) is 15.2. The molecule has 2 aromatic carbocycles. The Labute approximate surface area is 167 Å². The summed E-state index contributed by atoms with van der Waals surface area (Å²) in [7, 11) is 0. The smallest absolute Gasteiger partial charge is 0.251 e. The molecule has 1 aliphatic heterocycles. The van der Waals surface area contributed by atoms with E-state index in [4.69, 9.17) is 9.47 Å². The number of benzene rings is 2. The van der Waals surface area contributed by atoms with Crippen LogP contribution in [0.1, 0.15) is 49.2 Å². The summed E-state index contributed by atoms with van der Waals surface area (Å²) >= 11 is 0. The summed E-state index contributed by atoms with van der Waals surface area (Å²) in [5, 5.41) is 3.18. The number of hydrogen-bond acceptors (Lipinski definition) is 4. The zero-order chi connectivity index (χ0) is 19.9. The van der Waals surface area contributed by atoms with Gasteiger partial charge in [-0.25, -0.2) is 0 Å². The van der Waals surface area contributed by atoms with E-state index in [9.17, 15) is 4.79 Å². The lowest BCUT2D eigenvalue weighted by Crippen LogP contribution is -2.37. The molecule has 0 spiro atoms. The van der Waals surface area contributed by atoms with E-state index < -0.39 is 0 Å². The van der Waals surface area contributed by atoms with Crippen molar-refractivity contribution in [3.8, 4) is 11.5 Å². The fourth-order valence-electron chi connectivity index (χ4n) is 3.66. The van der Waals surface area contributed by atoms with Gasteiger partial charge in [0.25, 0.3) is 5.91 Å². The molecule has 1 heterocycles. The highest BCUT2D eigenvalue weighted by atomic mass is 16.5. The fraction of sp³-hybridized carbons (Fsp3) is 0.435. The Hall–Kier alpha value is -2.53. The number of carbonyl (C=O) groups is 1. The number of carbonyl (C=O) groups excluding carboxylic acids is 1. The molecule has 0 aromatic heterocycles. The lowest BCUT2D eigenvalue weighted by molar-refractivity contribution is 0.0936. The molecule has 3 rings (SSSR count). The first-order valence-corrected chi connectivity index (χ1v) is 10.1. The zero-order valence-corrected chi connectivity index (χ0v) is 17.0. The number of ether oxygens (including phenoxy) is 2. The number of amides is 1. The van der Waals surface area contributed by atoms with Crippen molar-refractivity contribution in [3.63, 3.8) is 0 Å². The van der Waals surface area contributed by atoms with Gasteiger partial charge in [-0.2, -0.15) is 0 Å². The van der Waals surface area contributed by atoms with Crippen LogP contribution in [0.3, 0.4) is 0 Å². The SMILES string of the molecule is CCOc1ccc(C(=O)N[C@@H]2CCN([C@@H](C)c3ccccc3)C2)cc1OCC. The molecule has 150 valence electrons. The van der Waals surface area contributed by atoms with Gasteiger partial charge in [0.15, 0.2) is 11.5 Å². The summed E-state index contributed by atoms with van der Waals surface area (Å²) in [6.45, 7) is 9.00. The Bertz CT molecular complexity index is 779. The van der Waals surface area contributed by atoms with Crippen LogP contribution in [0.25, 0.3) is 0 Å². The van der Waals surface area contributed by atoms with Gasteiger partial charge in [-0.15, -0.1) is 0 Å². The van der Waals surface area contributed by atoms with Crippen LogP contribution in [-0.2, 0) is 0 Å². The van der Waals surface area contributed by atoms with Gasteiger partial charge < -0.3 is 14.8 Å². The molecule has 1 N–H and O–H groups in total. The first-order chi connectivity index (χ1) is 13.6. The van der Waals surface area contributed by atoms with Gasteiger partial charge in [0.1, 0.15) is 0 Å². The minimum Gasteiger partial charge on any atom is -0.490 e. The Morgan fingerprint density at radius 1 is 1.11 bits per heavy atom. The minimum atomic E-state index is -0.0665. The average molecular weight is 383 g/mol. The van der Waals surface area contributed by atoms with E-state index in [0.29, 0.717) is 36.3 Å². The number of rotatable bonds is 8. The van der Waals surface area contributed by atoms with Crippen molar-refractivity contribution in [2.45, 2.75) is 39.3 Å². The van der Waals surface area contributed by atoms with E-state index in [1.807, 2.05) is 26.0 Å². The number of hydrogen-bond donors (Lipinski definition) is 1. The molecule has 5 nitrogen and oxygen atoms in total. The van der Waals surface area contributed by atoms with E-state index >= 15 is 0 Å². The van der Waals surface area contributed by atoms with E-state index in [1.165, 1.54) is 5.56 Å². The highest BCUT2D eigenvalue weighted by Gasteiger charge is 2.28. The monoisotopic (exact) mass is 382 g/mol. The molecule has 0 saturated carbocycles. The topological polar surface area (TPSA) is 50.8 Å². The Balaban J connectivity index is 1.61. The van der Waals surface area contributed by atoms with Crippen molar-refractivity contribution in [1.82, 2.24) is 10.2 Å². The van der Waals surface area contributed by atoms with Gasteiger partial charge in [-0.1, -0.05) is 30.3 Å². The lowest BCUT2D eigenvalue weighted by Gasteiger charge is -2.24. The first-order valence-electron chi connectivity index (χ1n) is 10.1. The van der Waals surface area contributed by atoms with E-state index in [-0.39, 0.29) is 11.9 Å². The third-order valence-electron chi connectivity index (χ3n) is 5.19. The number of nitrogens with zero attached hydrogens (tertiary/aromatic N) is 1. The maximum absolute atomic E-state index is 12.7. The quantitative estimate of drug-likeness (QED) is 0.748. The highest BCUT2D eigenvalue weighted by molar-refractivity contribution is 5.95. The molecule has 5 heteroatoms. The summed E-state index contributed by atoms with van der Waals surface area (Å²) in [6.07, 6.45) is 0.957. The molecule has 0 bridgehead atoms. The van der Waals surface area contributed by atoms with Crippen molar-refractivity contribution < 1.29 is 14.3 Å². The van der Waals surface area contributed by atoms with E-state index in [2.05, 4.69) is 41.4 Å². The maximum Gasteiger partial charge on any atom is 0.251 e. The molecule has 1 aliphatic rings. The fourth-order valence-corrected chi connectivity index (χ4v) is 3.66. The van der Waals surface area contributed by atoms with Crippen molar-refractivity contribution in [1.29, 1.82) is 0 Å². The molecule has 0 aliphatic carbocycles. The van der Waals surface area contributed by atoms with Crippen molar-refractivity contribution in [3.05, 3.63) is 59.7 Å². The van der Waals surface area contributed by atoms with Crippen LogP contribution < -0.4 is 14.8 Å². The standard InChI is InChI=1S/C23H30N2O3/c1-4-27-21-12-11-19(15-22(21)28-5-2)23(26)24-20-13-14-25(16-20)17(3)18-9-7-6-8-10-18/h6-12,15,17,20H,4-5,13-14,16H2,1-3H3,(H,24,26)/t17-,20+/m0/s1. The van der Waals surface area contributed by atoms with Crippen LogP contribution >= 0.6 is 0 Å². The highest BCUT2D eigenvalue weighted by Crippen LogP contribution is 2.29. The van der Waals surface area contributed by atoms with E-state index in [0.717, 1.165) is 19.5 Å². The third kappa shape index (κ3) is 4.84. The minimum absolute atomic E-state index is 0.0665. The van der Waals surface area contributed by atoms with Gasteiger partial charge in [-0.3, -0.25) is 9.69 Å². The Kier molecular flexibility index (Phi) is 6.93. The van der Waals surface area contributed by atoms with Crippen molar-refractivity contribution >= 4 is 5.91 Å². The second-order valence-corrected chi connectivity index (χ2v) is 7.07. The normalized spacial score (nSPS) is 17.9. The molecule has 1 fully saturated rings. The molecule has 2 aromatic rings. The molecule has 28 heavy (non-hydrogen) atoms. The van der Waals surface area contributed by atoms with Gasteiger partial charge >= 0.3 is 0 Å². The Morgan fingerprint density at radius 2 is 1.82 bits per heavy atom. The van der Waals surface area contributed by atoms with Crippen LogP contribution in [-0.4, -0.2) is 43.2 Å². The van der Waals surface area contributed by atoms with Crippen LogP contribution in [0.5, 0.6) is 11.5 Å². The zero-order valence-electron chi connectivity index (χ0n) is 17.0. The number of nitrogens with one attached hydrogen (secondary N) is 1. The summed E-state index contributed by atoms with van der Waals surface area (Å²) < 4.78 is 11.2. The maximum atomic E-state index is 12.7. The third-order valence-corrected chi connectivity index (χ3v) is 5.19. The van der Waals surface area contributed by atoms with Gasteiger partial charge in [-0.05, 0) is 51.0 Å². The second-order valence-electron chi connectivity index (χ2n) is 7.07. The van der Waals surface area contributed by atoms with Crippen molar-refractivity contribution in [2.24, 2.45) is 0 Å². The predicted molar refractivity (Wildman–Crippen MR) is 111 cm³/mol. The van der Waals surface area contributed by atoms with Gasteiger partial charge in [0, 0.05) is 30.7 Å². The molecule has 0 radical (unpaired) electrons. The van der Waals surface area contributed by atoms with Crippen LogP contribution in [0.4, 0.5) is 0 Å². The molecular weight excluding hydrogens is 352 g/mol. The molecular formula is C23H30N2O3. The first kappa shape index (κ1) is 20.2. The molecule has 0 unspecified atom stereocenters. The number of likely N-dealkylation sites (tertiary alicyclic amines) is 1. The van der Waals surface area contributed by atoms with Crippen LogP contribution in [0.15, 0.2) is 48.5 Å². The summed E-state index contributed by atoms with van der Waals surface area (Å²) in [5.74, 6) is 1.22. The van der Waals surface area contributed by atoms with Crippen LogP contribution in [0, 0.1) is 0 Å².